The summed E-state index contributed by atoms with van der Waals surface area (Å²) in [5, 5.41) is 8.92. The van der Waals surface area contributed by atoms with Crippen LogP contribution in [0.4, 0.5) is 11.4 Å². The van der Waals surface area contributed by atoms with Gasteiger partial charge in [-0.2, -0.15) is 0 Å². The Bertz CT molecular complexity index is 1160. The van der Waals surface area contributed by atoms with Gasteiger partial charge in [0.25, 0.3) is 5.91 Å². The van der Waals surface area contributed by atoms with E-state index in [0.717, 1.165) is 11.1 Å². The van der Waals surface area contributed by atoms with E-state index in [1.54, 1.807) is 41.7 Å². The molecule has 0 aliphatic rings. The molecule has 3 aromatic carbocycles. The molecule has 5 heteroatoms. The van der Waals surface area contributed by atoms with Crippen LogP contribution in [0, 0.1) is 0 Å². The van der Waals surface area contributed by atoms with Gasteiger partial charge in [0.1, 0.15) is 0 Å². The van der Waals surface area contributed by atoms with E-state index in [0.29, 0.717) is 16.9 Å². The minimum Gasteiger partial charge on any atom is -0.326 e. The van der Waals surface area contributed by atoms with E-state index in [1.807, 2.05) is 30.3 Å². The predicted octanol–water partition coefficient (Wildman–Crippen LogP) is 5.78. The highest BCUT2D eigenvalue weighted by Crippen LogP contribution is 2.34. The maximum atomic E-state index is 12.7. The molecule has 1 heterocycles. The number of hydrogen-bond donors (Lipinski definition) is 2. The minimum absolute atomic E-state index is 0.130. The summed E-state index contributed by atoms with van der Waals surface area (Å²) in [6, 6.07) is 22.9. The molecule has 0 fully saturated rings. The van der Waals surface area contributed by atoms with E-state index in [9.17, 15) is 9.59 Å². The normalized spacial score (nSPS) is 10.6. The van der Waals surface area contributed by atoms with Gasteiger partial charge >= 0.3 is 0 Å². The van der Waals surface area contributed by atoms with Crippen LogP contribution < -0.4 is 10.6 Å². The summed E-state index contributed by atoms with van der Waals surface area (Å²) in [5.74, 6) is -0.303. The Kier molecular flexibility index (Phi) is 4.91. The molecule has 1 aromatic heterocycles. The zero-order valence-corrected chi connectivity index (χ0v) is 16.0. The molecule has 0 radical (unpaired) electrons. The lowest BCUT2D eigenvalue weighted by molar-refractivity contribution is -0.114. The van der Waals surface area contributed by atoms with Gasteiger partial charge in [-0.25, -0.2) is 0 Å². The second-order valence-corrected chi connectivity index (χ2v) is 7.35. The van der Waals surface area contributed by atoms with Crippen LogP contribution in [-0.4, -0.2) is 11.8 Å². The van der Waals surface area contributed by atoms with Crippen LogP contribution in [0.15, 0.2) is 78.2 Å². The van der Waals surface area contributed by atoms with Gasteiger partial charge in [-0.05, 0) is 53.4 Å². The van der Waals surface area contributed by atoms with Crippen molar-refractivity contribution in [3.05, 3.63) is 83.7 Å². The molecule has 2 N–H and O–H groups in total. The molecule has 0 aliphatic heterocycles. The highest BCUT2D eigenvalue weighted by atomic mass is 32.1. The first-order valence-electron chi connectivity index (χ1n) is 8.86. The molecule has 0 atom stereocenters. The number of thiophene rings is 1. The van der Waals surface area contributed by atoms with E-state index in [4.69, 9.17) is 0 Å². The third-order valence-electron chi connectivity index (χ3n) is 4.38. The summed E-state index contributed by atoms with van der Waals surface area (Å²) >= 11 is 1.70. The van der Waals surface area contributed by atoms with Crippen molar-refractivity contribution < 1.29 is 9.59 Å². The largest absolute Gasteiger partial charge is 0.326 e. The highest BCUT2D eigenvalue weighted by molar-refractivity contribution is 7.17. The summed E-state index contributed by atoms with van der Waals surface area (Å²) in [4.78, 5) is 23.8. The van der Waals surface area contributed by atoms with Crippen LogP contribution in [-0.2, 0) is 4.79 Å². The van der Waals surface area contributed by atoms with E-state index >= 15 is 0 Å². The van der Waals surface area contributed by atoms with Crippen LogP contribution in [0.2, 0.25) is 0 Å². The molecule has 2 amide bonds. The first-order chi connectivity index (χ1) is 13.6. The first kappa shape index (κ1) is 17.9. The van der Waals surface area contributed by atoms with Crippen molar-refractivity contribution in [2.45, 2.75) is 6.92 Å². The summed E-state index contributed by atoms with van der Waals surface area (Å²) in [5.41, 5.74) is 4.11. The van der Waals surface area contributed by atoms with Crippen LogP contribution in [0.25, 0.3) is 21.2 Å². The number of benzene rings is 3. The van der Waals surface area contributed by atoms with Crippen LogP contribution in [0.3, 0.4) is 0 Å². The van der Waals surface area contributed by atoms with Gasteiger partial charge in [0.2, 0.25) is 5.91 Å². The molecule has 0 spiro atoms. The average Bonchev–Trinajstić information content (AvgIpc) is 3.13. The fourth-order valence-corrected chi connectivity index (χ4v) is 4.04. The van der Waals surface area contributed by atoms with E-state index < -0.39 is 0 Å². The quantitative estimate of drug-likeness (QED) is 0.467. The van der Waals surface area contributed by atoms with Crippen molar-refractivity contribution in [2.75, 3.05) is 10.6 Å². The number of nitrogens with one attached hydrogen (secondary N) is 2. The summed E-state index contributed by atoms with van der Waals surface area (Å²) in [6.45, 7) is 1.46. The fourth-order valence-electron chi connectivity index (χ4n) is 3.07. The second kappa shape index (κ2) is 7.66. The lowest BCUT2D eigenvalue weighted by atomic mass is 10.0. The van der Waals surface area contributed by atoms with E-state index in [2.05, 4.69) is 28.1 Å². The number of rotatable bonds is 4. The molecule has 28 heavy (non-hydrogen) atoms. The average molecular weight is 386 g/mol. The zero-order valence-electron chi connectivity index (χ0n) is 15.2. The summed E-state index contributed by atoms with van der Waals surface area (Å²) in [6.07, 6.45) is 0. The monoisotopic (exact) mass is 386 g/mol. The van der Waals surface area contributed by atoms with Gasteiger partial charge in [0, 0.05) is 39.5 Å². The fraction of sp³-hybridized carbons (Fsp3) is 0.0435. The van der Waals surface area contributed by atoms with Crippen molar-refractivity contribution in [3.8, 4) is 11.1 Å². The summed E-state index contributed by atoms with van der Waals surface area (Å²) in [7, 11) is 0. The second-order valence-electron chi connectivity index (χ2n) is 6.44. The van der Waals surface area contributed by atoms with Gasteiger partial charge in [-0.3, -0.25) is 9.59 Å². The number of amides is 2. The number of carbonyl (C=O) groups excluding carboxylic acids is 2. The van der Waals surface area contributed by atoms with Crippen molar-refractivity contribution in [1.82, 2.24) is 0 Å². The van der Waals surface area contributed by atoms with Gasteiger partial charge < -0.3 is 10.6 Å². The lowest BCUT2D eigenvalue weighted by Crippen LogP contribution is -2.12. The molecule has 138 valence electrons. The standard InChI is InChI=1S/C23H18N2O2S/c1-15(26)24-18-9-11-19(12-10-18)25-23(27)17-6-4-5-16(13-17)21-14-28-22-8-3-2-7-20(21)22/h2-14H,1H3,(H,24,26)(H,25,27). The Balaban J connectivity index is 1.55. The predicted molar refractivity (Wildman–Crippen MR) is 116 cm³/mol. The third-order valence-corrected chi connectivity index (χ3v) is 5.34. The van der Waals surface area contributed by atoms with E-state index in [1.165, 1.54) is 17.0 Å². The van der Waals surface area contributed by atoms with Crippen LogP contribution >= 0.6 is 11.3 Å². The Morgan fingerprint density at radius 2 is 1.54 bits per heavy atom. The van der Waals surface area contributed by atoms with Crippen molar-refractivity contribution in [1.29, 1.82) is 0 Å². The highest BCUT2D eigenvalue weighted by Gasteiger charge is 2.10. The number of hydrogen-bond acceptors (Lipinski definition) is 3. The Morgan fingerprint density at radius 3 is 2.29 bits per heavy atom. The van der Waals surface area contributed by atoms with Crippen molar-refractivity contribution >= 4 is 44.6 Å². The van der Waals surface area contributed by atoms with Gasteiger partial charge in [-0.15, -0.1) is 11.3 Å². The topological polar surface area (TPSA) is 58.2 Å². The molecule has 4 nitrogen and oxygen atoms in total. The molecular weight excluding hydrogens is 368 g/mol. The van der Waals surface area contributed by atoms with Gasteiger partial charge in [-0.1, -0.05) is 30.3 Å². The van der Waals surface area contributed by atoms with Crippen LogP contribution in [0.5, 0.6) is 0 Å². The molecule has 0 saturated heterocycles. The maximum absolute atomic E-state index is 12.7. The Labute approximate surface area is 166 Å². The van der Waals surface area contributed by atoms with Gasteiger partial charge in [0.15, 0.2) is 0 Å². The van der Waals surface area contributed by atoms with Gasteiger partial charge in [0.05, 0.1) is 0 Å². The Hall–Kier alpha value is -3.44. The Morgan fingerprint density at radius 1 is 0.821 bits per heavy atom. The molecule has 0 bridgehead atoms. The van der Waals surface area contributed by atoms with Crippen molar-refractivity contribution in [2.24, 2.45) is 0 Å². The molecule has 4 rings (SSSR count). The maximum Gasteiger partial charge on any atom is 0.255 e. The smallest absolute Gasteiger partial charge is 0.255 e. The number of fused-ring (bicyclic) bond motifs is 1. The van der Waals surface area contributed by atoms with E-state index in [-0.39, 0.29) is 11.8 Å². The number of anilines is 2. The lowest BCUT2D eigenvalue weighted by Gasteiger charge is -2.08. The summed E-state index contributed by atoms with van der Waals surface area (Å²) < 4.78 is 1.23. The van der Waals surface area contributed by atoms with Crippen molar-refractivity contribution in [3.63, 3.8) is 0 Å². The molecular formula is C23H18N2O2S. The first-order valence-corrected chi connectivity index (χ1v) is 9.74. The minimum atomic E-state index is -0.173. The molecule has 0 aliphatic carbocycles. The third kappa shape index (κ3) is 3.80. The molecule has 0 saturated carbocycles. The SMILES string of the molecule is CC(=O)Nc1ccc(NC(=O)c2cccc(-c3csc4ccccc34)c2)cc1. The zero-order chi connectivity index (χ0) is 19.5. The molecule has 4 aromatic rings. The van der Waals surface area contributed by atoms with Crippen LogP contribution in [0.1, 0.15) is 17.3 Å². The number of carbonyl (C=O) groups is 2. The molecule has 0 unspecified atom stereocenters.